The molecule has 1 saturated heterocycles. The lowest BCUT2D eigenvalue weighted by Gasteiger charge is -2.35. The van der Waals surface area contributed by atoms with Crippen LogP contribution in [0.1, 0.15) is 39.4 Å². The fraction of sp³-hybridized carbons (Fsp3) is 0.769. The molecule has 0 saturated carbocycles. The molecule has 1 aromatic rings. The zero-order valence-electron chi connectivity index (χ0n) is 12.1. The van der Waals surface area contributed by atoms with Gasteiger partial charge in [-0.05, 0) is 19.8 Å². The van der Waals surface area contributed by atoms with Crippen LogP contribution in [0.4, 0.5) is 5.13 Å². The Morgan fingerprint density at radius 1 is 1.37 bits per heavy atom. The van der Waals surface area contributed by atoms with E-state index in [0.717, 1.165) is 36.9 Å². The van der Waals surface area contributed by atoms with Crippen LogP contribution in [0, 0.1) is 12.3 Å². The first-order chi connectivity index (χ1) is 8.86. The Bertz CT molecular complexity index is 444. The molecule has 1 aliphatic rings. The fourth-order valence-electron chi connectivity index (χ4n) is 2.23. The van der Waals surface area contributed by atoms with E-state index in [4.69, 9.17) is 0 Å². The lowest BCUT2D eigenvalue weighted by atomic mass is 9.93. The van der Waals surface area contributed by atoms with Gasteiger partial charge >= 0.3 is 0 Å². The van der Waals surface area contributed by atoms with Crippen molar-refractivity contribution in [2.24, 2.45) is 5.41 Å². The SMILES string of the molecule is Cc1nsc(NC2CCN(C(=O)C(C)(C)C)CC2)n1. The largest absolute Gasteiger partial charge is 0.357 e. The second kappa shape index (κ2) is 5.45. The van der Waals surface area contributed by atoms with Crippen molar-refractivity contribution in [3.8, 4) is 0 Å². The highest BCUT2D eigenvalue weighted by Gasteiger charge is 2.30. The summed E-state index contributed by atoms with van der Waals surface area (Å²) in [6, 6.07) is 0.399. The summed E-state index contributed by atoms with van der Waals surface area (Å²) >= 11 is 1.40. The van der Waals surface area contributed by atoms with Gasteiger partial charge < -0.3 is 10.2 Å². The molecular weight excluding hydrogens is 260 g/mol. The molecule has 1 N–H and O–H groups in total. The number of nitrogens with zero attached hydrogens (tertiary/aromatic N) is 3. The molecule has 106 valence electrons. The summed E-state index contributed by atoms with van der Waals surface area (Å²) in [6.45, 7) is 9.47. The summed E-state index contributed by atoms with van der Waals surface area (Å²) in [6.07, 6.45) is 1.95. The Morgan fingerprint density at radius 3 is 2.47 bits per heavy atom. The smallest absolute Gasteiger partial charge is 0.227 e. The fourth-order valence-corrected chi connectivity index (χ4v) is 2.88. The van der Waals surface area contributed by atoms with E-state index < -0.39 is 0 Å². The van der Waals surface area contributed by atoms with Crippen LogP contribution >= 0.6 is 11.5 Å². The third-order valence-electron chi connectivity index (χ3n) is 3.28. The number of hydrogen-bond acceptors (Lipinski definition) is 5. The second-order valence-electron chi connectivity index (χ2n) is 6.11. The zero-order chi connectivity index (χ0) is 14.0. The van der Waals surface area contributed by atoms with Gasteiger partial charge in [-0.3, -0.25) is 4.79 Å². The Labute approximate surface area is 118 Å². The van der Waals surface area contributed by atoms with Crippen molar-refractivity contribution in [3.63, 3.8) is 0 Å². The quantitative estimate of drug-likeness (QED) is 0.904. The number of aromatic nitrogens is 2. The normalized spacial score (nSPS) is 17.6. The molecule has 0 aromatic carbocycles. The predicted molar refractivity (Wildman–Crippen MR) is 77.3 cm³/mol. The maximum atomic E-state index is 12.2. The van der Waals surface area contributed by atoms with Crippen LogP contribution in [0.15, 0.2) is 0 Å². The highest BCUT2D eigenvalue weighted by atomic mass is 32.1. The first-order valence-corrected chi connectivity index (χ1v) is 7.50. The van der Waals surface area contributed by atoms with Crippen molar-refractivity contribution >= 4 is 22.6 Å². The van der Waals surface area contributed by atoms with Crippen molar-refractivity contribution < 1.29 is 4.79 Å². The molecule has 1 fully saturated rings. The highest BCUT2D eigenvalue weighted by molar-refractivity contribution is 7.09. The molecule has 1 aliphatic heterocycles. The van der Waals surface area contributed by atoms with Gasteiger partial charge in [0, 0.05) is 36.1 Å². The van der Waals surface area contributed by atoms with Gasteiger partial charge in [-0.1, -0.05) is 20.8 Å². The highest BCUT2D eigenvalue weighted by Crippen LogP contribution is 2.23. The van der Waals surface area contributed by atoms with Gasteiger partial charge in [0.25, 0.3) is 0 Å². The molecule has 0 spiro atoms. The van der Waals surface area contributed by atoms with E-state index in [1.807, 2.05) is 32.6 Å². The van der Waals surface area contributed by atoms with Gasteiger partial charge in [0.2, 0.25) is 11.0 Å². The van der Waals surface area contributed by atoms with Crippen molar-refractivity contribution in [2.75, 3.05) is 18.4 Å². The standard InChI is InChI=1S/C13H22N4OS/c1-9-14-12(19-16-9)15-10-5-7-17(8-6-10)11(18)13(2,3)4/h10H,5-8H2,1-4H3,(H,14,15,16). The summed E-state index contributed by atoms with van der Waals surface area (Å²) in [5.41, 5.74) is -0.281. The average Bonchev–Trinajstić information content (AvgIpc) is 2.74. The van der Waals surface area contributed by atoms with E-state index in [1.165, 1.54) is 11.5 Å². The van der Waals surface area contributed by atoms with Crippen LogP contribution in [0.3, 0.4) is 0 Å². The number of aryl methyl sites for hydroxylation is 1. The topological polar surface area (TPSA) is 58.1 Å². The summed E-state index contributed by atoms with van der Waals surface area (Å²) < 4.78 is 4.16. The minimum atomic E-state index is -0.281. The number of anilines is 1. The summed E-state index contributed by atoms with van der Waals surface area (Å²) in [5, 5.41) is 4.29. The number of carbonyl (C=O) groups is 1. The van der Waals surface area contributed by atoms with Crippen molar-refractivity contribution in [1.29, 1.82) is 0 Å². The molecule has 2 rings (SSSR count). The van der Waals surface area contributed by atoms with Gasteiger partial charge in [0.05, 0.1) is 0 Å². The third-order valence-corrected chi connectivity index (χ3v) is 4.02. The monoisotopic (exact) mass is 282 g/mol. The summed E-state index contributed by atoms with van der Waals surface area (Å²) in [4.78, 5) is 18.5. The van der Waals surface area contributed by atoms with Crippen LogP contribution in [0.2, 0.25) is 0 Å². The van der Waals surface area contributed by atoms with Gasteiger partial charge in [0.15, 0.2) is 0 Å². The second-order valence-corrected chi connectivity index (χ2v) is 6.86. The molecular formula is C13H22N4OS. The van der Waals surface area contributed by atoms with Crippen LogP contribution < -0.4 is 5.32 Å². The molecule has 1 amide bonds. The van der Waals surface area contributed by atoms with Gasteiger partial charge in [-0.15, -0.1) is 0 Å². The Balaban J connectivity index is 1.84. The Kier molecular flexibility index (Phi) is 4.08. The Hall–Kier alpha value is -1.17. The lowest BCUT2D eigenvalue weighted by molar-refractivity contribution is -0.140. The maximum Gasteiger partial charge on any atom is 0.227 e. The van der Waals surface area contributed by atoms with Gasteiger partial charge in [-0.2, -0.15) is 4.37 Å². The molecule has 0 aliphatic carbocycles. The molecule has 2 heterocycles. The number of rotatable bonds is 2. The number of nitrogens with one attached hydrogen (secondary N) is 1. The molecule has 6 heteroatoms. The first-order valence-electron chi connectivity index (χ1n) is 6.72. The van der Waals surface area contributed by atoms with Crippen molar-refractivity contribution in [2.45, 2.75) is 46.6 Å². The maximum absolute atomic E-state index is 12.2. The van der Waals surface area contributed by atoms with E-state index in [0.29, 0.717) is 6.04 Å². The predicted octanol–water partition coefficient (Wildman–Crippen LogP) is 2.30. The van der Waals surface area contributed by atoms with Gasteiger partial charge in [-0.25, -0.2) is 4.98 Å². The molecule has 5 nitrogen and oxygen atoms in total. The van der Waals surface area contributed by atoms with Crippen LogP contribution in [-0.4, -0.2) is 39.3 Å². The number of hydrogen-bond donors (Lipinski definition) is 1. The van der Waals surface area contributed by atoms with E-state index in [-0.39, 0.29) is 11.3 Å². The third kappa shape index (κ3) is 3.65. The van der Waals surface area contributed by atoms with Crippen LogP contribution in [-0.2, 0) is 4.79 Å². The summed E-state index contributed by atoms with van der Waals surface area (Å²) in [7, 11) is 0. The van der Waals surface area contributed by atoms with Crippen LogP contribution in [0.5, 0.6) is 0 Å². The Morgan fingerprint density at radius 2 is 2.00 bits per heavy atom. The van der Waals surface area contributed by atoms with E-state index in [9.17, 15) is 4.79 Å². The van der Waals surface area contributed by atoms with E-state index in [2.05, 4.69) is 14.7 Å². The average molecular weight is 282 g/mol. The van der Waals surface area contributed by atoms with E-state index in [1.54, 1.807) is 0 Å². The zero-order valence-corrected chi connectivity index (χ0v) is 12.9. The van der Waals surface area contributed by atoms with Crippen LogP contribution in [0.25, 0.3) is 0 Å². The van der Waals surface area contributed by atoms with Crippen molar-refractivity contribution in [1.82, 2.24) is 14.3 Å². The first kappa shape index (κ1) is 14.2. The lowest BCUT2D eigenvalue weighted by Crippen LogP contribution is -2.46. The molecule has 1 aromatic heterocycles. The number of amides is 1. The molecule has 0 unspecified atom stereocenters. The molecule has 0 bridgehead atoms. The molecule has 19 heavy (non-hydrogen) atoms. The number of piperidine rings is 1. The number of likely N-dealkylation sites (tertiary alicyclic amines) is 1. The van der Waals surface area contributed by atoms with Gasteiger partial charge in [0.1, 0.15) is 5.82 Å². The van der Waals surface area contributed by atoms with Crippen molar-refractivity contribution in [3.05, 3.63) is 5.82 Å². The number of carbonyl (C=O) groups excluding carboxylic acids is 1. The molecule has 0 radical (unpaired) electrons. The van der Waals surface area contributed by atoms with E-state index >= 15 is 0 Å². The minimum absolute atomic E-state index is 0.248. The molecule has 0 atom stereocenters. The summed E-state index contributed by atoms with van der Waals surface area (Å²) in [5.74, 6) is 1.06. The minimum Gasteiger partial charge on any atom is -0.357 e.